The summed E-state index contributed by atoms with van der Waals surface area (Å²) in [5, 5.41) is 1.25. The smallest absolute Gasteiger partial charge is 0.339 e. The Morgan fingerprint density at radius 2 is 2.05 bits per heavy atom. The second-order valence-corrected chi connectivity index (χ2v) is 5.96. The summed E-state index contributed by atoms with van der Waals surface area (Å²) in [4.78, 5) is 25.0. The summed E-state index contributed by atoms with van der Waals surface area (Å²) in [6, 6.07) is 3.33. The Morgan fingerprint density at radius 3 is 2.77 bits per heavy atom. The molecule has 1 heterocycles. The van der Waals surface area contributed by atoms with Gasteiger partial charge < -0.3 is 14.1 Å². The minimum Gasteiger partial charge on any atom is -0.482 e. The summed E-state index contributed by atoms with van der Waals surface area (Å²) in [6.45, 7) is -0.118. The number of rotatable bonds is 3. The maximum atomic E-state index is 12.0. The van der Waals surface area contributed by atoms with E-state index in [-0.39, 0.29) is 18.1 Å². The fraction of sp³-hybridized carbons (Fsp3) is 0.375. The van der Waals surface area contributed by atoms with Gasteiger partial charge in [0, 0.05) is 31.1 Å². The summed E-state index contributed by atoms with van der Waals surface area (Å²) < 4.78 is 10.8. The Balaban J connectivity index is 2.00. The number of fused-ring (bicyclic) bond motifs is 3. The van der Waals surface area contributed by atoms with Gasteiger partial charge in [-0.15, -0.1) is 0 Å². The molecule has 0 spiro atoms. The second-order valence-electron chi connectivity index (χ2n) is 5.56. The highest BCUT2D eigenvalue weighted by Crippen LogP contribution is 2.34. The largest absolute Gasteiger partial charge is 0.482 e. The van der Waals surface area contributed by atoms with Gasteiger partial charge >= 0.3 is 5.63 Å². The first-order valence-corrected chi connectivity index (χ1v) is 7.46. The van der Waals surface area contributed by atoms with E-state index in [9.17, 15) is 9.59 Å². The number of halogens is 1. The molecule has 0 unspecified atom stereocenters. The Hall–Kier alpha value is -2.01. The van der Waals surface area contributed by atoms with Crippen molar-refractivity contribution in [3.05, 3.63) is 38.7 Å². The first-order chi connectivity index (χ1) is 10.5. The number of amides is 1. The molecule has 1 aliphatic rings. The van der Waals surface area contributed by atoms with Crippen molar-refractivity contribution < 1.29 is 13.9 Å². The number of benzene rings is 1. The molecule has 116 valence electrons. The molecule has 0 saturated heterocycles. The van der Waals surface area contributed by atoms with Crippen molar-refractivity contribution in [2.24, 2.45) is 0 Å². The zero-order valence-corrected chi connectivity index (χ0v) is 13.2. The van der Waals surface area contributed by atoms with Crippen molar-refractivity contribution in [1.82, 2.24) is 4.90 Å². The van der Waals surface area contributed by atoms with Crippen molar-refractivity contribution in [1.29, 1.82) is 0 Å². The van der Waals surface area contributed by atoms with Crippen molar-refractivity contribution in [3.8, 4) is 5.75 Å². The van der Waals surface area contributed by atoms with Gasteiger partial charge in [-0.05, 0) is 30.9 Å². The molecule has 22 heavy (non-hydrogen) atoms. The SMILES string of the molecule is CN(C)C(=O)COc1cc2oc(=O)c3c(c2cc1Cl)CCC3. The second kappa shape index (κ2) is 5.65. The highest BCUT2D eigenvalue weighted by Gasteiger charge is 2.21. The average molecular weight is 322 g/mol. The Kier molecular flexibility index (Phi) is 3.83. The van der Waals surface area contributed by atoms with Crippen LogP contribution in [0, 0.1) is 0 Å². The molecule has 0 aliphatic heterocycles. The Morgan fingerprint density at radius 1 is 1.32 bits per heavy atom. The van der Waals surface area contributed by atoms with E-state index in [4.69, 9.17) is 20.8 Å². The van der Waals surface area contributed by atoms with Gasteiger partial charge in [0.05, 0.1) is 5.02 Å². The minimum absolute atomic E-state index is 0.118. The molecule has 0 radical (unpaired) electrons. The molecule has 1 aliphatic carbocycles. The lowest BCUT2D eigenvalue weighted by Crippen LogP contribution is -2.27. The third-order valence-electron chi connectivity index (χ3n) is 3.88. The standard InChI is InChI=1S/C16H16ClNO4/c1-18(2)15(19)8-21-14-7-13-11(6-12(14)17)9-4-3-5-10(9)16(20)22-13/h6-7H,3-5,8H2,1-2H3. The van der Waals surface area contributed by atoms with Gasteiger partial charge in [0.15, 0.2) is 6.61 Å². The molecule has 0 fully saturated rings. The molecule has 3 rings (SSSR count). The molecule has 0 saturated carbocycles. The van der Waals surface area contributed by atoms with Crippen molar-refractivity contribution >= 4 is 28.5 Å². The summed E-state index contributed by atoms with van der Waals surface area (Å²) in [5.74, 6) is 0.164. The van der Waals surface area contributed by atoms with E-state index >= 15 is 0 Å². The van der Waals surface area contributed by atoms with E-state index in [1.807, 2.05) is 0 Å². The fourth-order valence-corrected chi connectivity index (χ4v) is 2.88. The summed E-state index contributed by atoms with van der Waals surface area (Å²) in [6.07, 6.45) is 2.56. The van der Waals surface area contributed by atoms with Crippen molar-refractivity contribution in [2.45, 2.75) is 19.3 Å². The summed E-state index contributed by atoms with van der Waals surface area (Å²) in [7, 11) is 3.30. The molecular formula is C16H16ClNO4. The molecule has 1 aromatic heterocycles. The molecular weight excluding hydrogens is 306 g/mol. The van der Waals surface area contributed by atoms with Crippen LogP contribution in [0.5, 0.6) is 5.75 Å². The van der Waals surface area contributed by atoms with Gasteiger partial charge in [0.1, 0.15) is 11.3 Å². The van der Waals surface area contributed by atoms with Gasteiger partial charge in [0.2, 0.25) is 0 Å². The molecule has 6 heteroatoms. The van der Waals surface area contributed by atoms with Gasteiger partial charge in [-0.3, -0.25) is 4.79 Å². The molecule has 1 amide bonds. The number of ether oxygens (including phenoxy) is 1. The van der Waals surface area contributed by atoms with Gasteiger partial charge in [-0.25, -0.2) is 4.79 Å². The van der Waals surface area contributed by atoms with E-state index in [1.165, 1.54) is 4.90 Å². The number of carbonyl (C=O) groups excluding carboxylic acids is 1. The van der Waals surface area contributed by atoms with Crippen LogP contribution >= 0.6 is 11.6 Å². The number of carbonyl (C=O) groups is 1. The van der Waals surface area contributed by atoms with E-state index < -0.39 is 0 Å². The molecule has 1 aromatic carbocycles. The van der Waals surface area contributed by atoms with Crippen LogP contribution in [-0.2, 0) is 17.6 Å². The fourth-order valence-electron chi connectivity index (χ4n) is 2.66. The predicted octanol–water partition coefficient (Wildman–Crippen LogP) is 2.40. The lowest BCUT2D eigenvalue weighted by Gasteiger charge is -2.13. The lowest BCUT2D eigenvalue weighted by atomic mass is 10.1. The molecule has 2 aromatic rings. The highest BCUT2D eigenvalue weighted by molar-refractivity contribution is 6.32. The monoisotopic (exact) mass is 321 g/mol. The molecule has 0 atom stereocenters. The van der Waals surface area contributed by atoms with Crippen LogP contribution in [0.4, 0.5) is 0 Å². The molecule has 0 N–H and O–H groups in total. The molecule has 5 nitrogen and oxygen atoms in total. The minimum atomic E-state index is -0.294. The van der Waals surface area contributed by atoms with Gasteiger partial charge in [0.25, 0.3) is 5.91 Å². The Labute approximate surface area is 132 Å². The van der Waals surface area contributed by atoms with Crippen LogP contribution in [0.2, 0.25) is 5.02 Å². The number of hydrogen-bond acceptors (Lipinski definition) is 4. The van der Waals surface area contributed by atoms with Gasteiger partial charge in [-0.2, -0.15) is 0 Å². The van der Waals surface area contributed by atoms with Crippen LogP contribution < -0.4 is 10.4 Å². The average Bonchev–Trinajstić information content (AvgIpc) is 2.96. The van der Waals surface area contributed by atoms with Crippen LogP contribution in [-0.4, -0.2) is 31.5 Å². The van der Waals surface area contributed by atoms with Crippen LogP contribution in [0.1, 0.15) is 17.5 Å². The predicted molar refractivity (Wildman–Crippen MR) is 83.7 cm³/mol. The quantitative estimate of drug-likeness (QED) is 0.815. The summed E-state index contributed by atoms with van der Waals surface area (Å²) in [5.41, 5.74) is 1.92. The highest BCUT2D eigenvalue weighted by atomic mass is 35.5. The van der Waals surface area contributed by atoms with E-state index in [1.54, 1.807) is 26.2 Å². The van der Waals surface area contributed by atoms with Crippen molar-refractivity contribution in [3.63, 3.8) is 0 Å². The molecule has 0 bridgehead atoms. The van der Waals surface area contributed by atoms with Crippen LogP contribution in [0.25, 0.3) is 11.0 Å². The maximum Gasteiger partial charge on any atom is 0.339 e. The van der Waals surface area contributed by atoms with Crippen LogP contribution in [0.3, 0.4) is 0 Å². The number of aryl methyl sites for hydroxylation is 1. The van der Waals surface area contributed by atoms with Crippen molar-refractivity contribution in [2.75, 3.05) is 20.7 Å². The first-order valence-electron chi connectivity index (χ1n) is 7.08. The van der Waals surface area contributed by atoms with E-state index in [2.05, 4.69) is 0 Å². The third kappa shape index (κ3) is 2.57. The van der Waals surface area contributed by atoms with Gasteiger partial charge in [-0.1, -0.05) is 11.6 Å². The normalized spacial score (nSPS) is 13.2. The number of nitrogens with zero attached hydrogens (tertiary/aromatic N) is 1. The lowest BCUT2D eigenvalue weighted by molar-refractivity contribution is -0.130. The zero-order valence-electron chi connectivity index (χ0n) is 12.4. The Bertz CT molecular complexity index is 810. The third-order valence-corrected chi connectivity index (χ3v) is 4.17. The maximum absolute atomic E-state index is 12.0. The zero-order chi connectivity index (χ0) is 15.9. The number of hydrogen-bond donors (Lipinski definition) is 0. The number of likely N-dealkylation sites (N-methyl/N-ethyl adjacent to an activating group) is 1. The topological polar surface area (TPSA) is 59.8 Å². The van der Waals surface area contributed by atoms with Crippen LogP contribution in [0.15, 0.2) is 21.3 Å². The van der Waals surface area contributed by atoms with E-state index in [0.29, 0.717) is 16.4 Å². The summed E-state index contributed by atoms with van der Waals surface area (Å²) >= 11 is 6.24. The first kappa shape index (κ1) is 14.9. The van der Waals surface area contributed by atoms with E-state index in [0.717, 1.165) is 35.8 Å².